The predicted octanol–water partition coefficient (Wildman–Crippen LogP) is 2.90. The number of amides is 2. The molecule has 148 valence electrons. The van der Waals surface area contributed by atoms with Crippen LogP contribution in [0.5, 0.6) is 0 Å². The summed E-state index contributed by atoms with van der Waals surface area (Å²) in [5, 5.41) is 3.60. The van der Waals surface area contributed by atoms with E-state index in [-0.39, 0.29) is 18.2 Å². The molecule has 5 nitrogen and oxygen atoms in total. The first-order valence-electron chi connectivity index (χ1n) is 9.59. The van der Waals surface area contributed by atoms with Crippen LogP contribution in [-0.4, -0.2) is 54.8 Å². The molecule has 0 bridgehead atoms. The lowest BCUT2D eigenvalue weighted by Crippen LogP contribution is -2.51. The summed E-state index contributed by atoms with van der Waals surface area (Å²) in [5.74, 6) is -0.207. The fraction of sp³-hybridized carbons (Fsp3) is 0.364. The number of nitrogens with zero attached hydrogens (tertiary/aromatic N) is 2. The molecule has 2 aromatic rings. The van der Waals surface area contributed by atoms with Crippen molar-refractivity contribution in [1.29, 1.82) is 0 Å². The van der Waals surface area contributed by atoms with Gasteiger partial charge in [0.15, 0.2) is 0 Å². The number of hydrogen-bond donors (Lipinski definition) is 1. The number of aryl methyl sites for hydroxylation is 1. The van der Waals surface area contributed by atoms with Crippen LogP contribution in [0, 0.1) is 0 Å². The third kappa shape index (κ3) is 5.33. The van der Waals surface area contributed by atoms with Crippen LogP contribution in [0.2, 0.25) is 5.02 Å². The average molecular weight is 400 g/mol. The van der Waals surface area contributed by atoms with Crippen molar-refractivity contribution in [3.05, 3.63) is 70.7 Å². The molecule has 0 spiro atoms. The first-order chi connectivity index (χ1) is 13.5. The second kappa shape index (κ2) is 9.71. The maximum atomic E-state index is 13.1. The molecular weight excluding hydrogens is 374 g/mol. The van der Waals surface area contributed by atoms with Gasteiger partial charge in [0.2, 0.25) is 11.8 Å². The number of hydrogen-bond acceptors (Lipinski definition) is 3. The van der Waals surface area contributed by atoms with E-state index >= 15 is 0 Å². The van der Waals surface area contributed by atoms with Crippen molar-refractivity contribution in [2.45, 2.75) is 18.9 Å². The topological polar surface area (TPSA) is 52.6 Å². The molecule has 1 N–H and O–H groups in total. The highest BCUT2D eigenvalue weighted by atomic mass is 35.5. The molecule has 0 saturated carbocycles. The van der Waals surface area contributed by atoms with E-state index in [0.717, 1.165) is 24.2 Å². The summed E-state index contributed by atoms with van der Waals surface area (Å²) in [6.07, 6.45) is 0.818. The summed E-state index contributed by atoms with van der Waals surface area (Å²) in [6, 6.07) is 16.3. The van der Waals surface area contributed by atoms with Crippen LogP contribution in [0.25, 0.3) is 0 Å². The van der Waals surface area contributed by atoms with Gasteiger partial charge in [-0.15, -0.1) is 0 Å². The third-order valence-electron chi connectivity index (χ3n) is 5.08. The van der Waals surface area contributed by atoms with E-state index in [9.17, 15) is 9.59 Å². The highest BCUT2D eigenvalue weighted by Gasteiger charge is 2.29. The summed E-state index contributed by atoms with van der Waals surface area (Å²) in [6.45, 7) is 3.03. The van der Waals surface area contributed by atoms with Crippen molar-refractivity contribution in [2.75, 3.05) is 33.2 Å². The van der Waals surface area contributed by atoms with Gasteiger partial charge in [-0.3, -0.25) is 9.59 Å². The fourth-order valence-corrected chi connectivity index (χ4v) is 3.56. The number of benzene rings is 2. The summed E-state index contributed by atoms with van der Waals surface area (Å²) >= 11 is 6.18. The Morgan fingerprint density at radius 3 is 2.32 bits per heavy atom. The summed E-state index contributed by atoms with van der Waals surface area (Å²) < 4.78 is 0. The highest BCUT2D eigenvalue weighted by Crippen LogP contribution is 2.19. The standard InChI is InChI=1S/C22H26ClN3O2/c1-25-13-15-26(16-14-25)22(28)21(18-8-3-2-4-9-18)24-20(27)12-11-17-7-5-6-10-19(17)23/h2-10,21H,11-16H2,1H3,(H,24,27). The molecule has 0 aromatic heterocycles. The van der Waals surface area contributed by atoms with Gasteiger partial charge in [-0.2, -0.15) is 0 Å². The molecule has 1 aliphatic heterocycles. The van der Waals surface area contributed by atoms with Gasteiger partial charge in [0, 0.05) is 37.6 Å². The van der Waals surface area contributed by atoms with Gasteiger partial charge in [-0.25, -0.2) is 0 Å². The normalized spacial score (nSPS) is 15.9. The maximum Gasteiger partial charge on any atom is 0.249 e. The average Bonchev–Trinajstić information content (AvgIpc) is 2.72. The summed E-state index contributed by atoms with van der Waals surface area (Å²) in [5.41, 5.74) is 1.73. The minimum Gasteiger partial charge on any atom is -0.341 e. The van der Waals surface area contributed by atoms with Crippen molar-refractivity contribution in [3.63, 3.8) is 0 Å². The highest BCUT2D eigenvalue weighted by molar-refractivity contribution is 6.31. The van der Waals surface area contributed by atoms with Gasteiger partial charge in [0.05, 0.1) is 0 Å². The van der Waals surface area contributed by atoms with Crippen LogP contribution in [0.15, 0.2) is 54.6 Å². The molecule has 1 unspecified atom stereocenters. The van der Waals surface area contributed by atoms with Crippen LogP contribution < -0.4 is 5.32 Å². The lowest BCUT2D eigenvalue weighted by Gasteiger charge is -2.35. The maximum absolute atomic E-state index is 13.1. The number of halogens is 1. The summed E-state index contributed by atoms with van der Waals surface area (Å²) in [4.78, 5) is 29.8. The quantitative estimate of drug-likeness (QED) is 0.812. The first kappa shape index (κ1) is 20.4. The predicted molar refractivity (Wildman–Crippen MR) is 111 cm³/mol. The first-order valence-corrected chi connectivity index (χ1v) is 9.97. The molecule has 1 fully saturated rings. The van der Waals surface area contributed by atoms with Crippen molar-refractivity contribution >= 4 is 23.4 Å². The Bertz CT molecular complexity index is 804. The smallest absolute Gasteiger partial charge is 0.249 e. The largest absolute Gasteiger partial charge is 0.341 e. The zero-order valence-electron chi connectivity index (χ0n) is 16.1. The molecule has 6 heteroatoms. The Morgan fingerprint density at radius 2 is 1.64 bits per heavy atom. The van der Waals surface area contributed by atoms with Crippen LogP contribution in [0.3, 0.4) is 0 Å². The lowest BCUT2D eigenvalue weighted by molar-refractivity contribution is -0.138. The van der Waals surface area contributed by atoms with E-state index < -0.39 is 6.04 Å². The van der Waals surface area contributed by atoms with Gasteiger partial charge in [-0.1, -0.05) is 60.1 Å². The van der Waals surface area contributed by atoms with Gasteiger partial charge in [0.1, 0.15) is 6.04 Å². The molecular formula is C22H26ClN3O2. The third-order valence-corrected chi connectivity index (χ3v) is 5.45. The number of piperazine rings is 1. The Balaban J connectivity index is 1.68. The number of carbonyl (C=O) groups is 2. The Hall–Kier alpha value is -2.37. The fourth-order valence-electron chi connectivity index (χ4n) is 3.33. The van der Waals surface area contributed by atoms with E-state index in [1.54, 1.807) is 0 Å². The molecule has 1 atom stereocenters. The van der Waals surface area contributed by atoms with E-state index in [1.165, 1.54) is 0 Å². The zero-order valence-corrected chi connectivity index (χ0v) is 16.9. The minimum atomic E-state index is -0.664. The number of nitrogens with one attached hydrogen (secondary N) is 1. The monoisotopic (exact) mass is 399 g/mol. The molecule has 1 heterocycles. The van der Waals surface area contributed by atoms with Gasteiger partial charge in [-0.05, 0) is 30.7 Å². The molecule has 2 amide bonds. The van der Waals surface area contributed by atoms with E-state index in [4.69, 9.17) is 11.6 Å². The molecule has 28 heavy (non-hydrogen) atoms. The van der Waals surface area contributed by atoms with E-state index in [0.29, 0.717) is 24.5 Å². The number of likely N-dealkylation sites (N-methyl/N-ethyl adjacent to an activating group) is 1. The van der Waals surface area contributed by atoms with E-state index in [1.807, 2.05) is 66.5 Å². The lowest BCUT2D eigenvalue weighted by atomic mass is 10.0. The Morgan fingerprint density at radius 1 is 1.00 bits per heavy atom. The van der Waals surface area contributed by atoms with Crippen molar-refractivity contribution in [2.24, 2.45) is 0 Å². The SMILES string of the molecule is CN1CCN(C(=O)C(NC(=O)CCc2ccccc2Cl)c2ccccc2)CC1. The second-order valence-electron chi connectivity index (χ2n) is 7.13. The van der Waals surface area contributed by atoms with Crippen LogP contribution in [0.1, 0.15) is 23.6 Å². The summed E-state index contributed by atoms with van der Waals surface area (Å²) in [7, 11) is 2.05. The van der Waals surface area contributed by atoms with Crippen molar-refractivity contribution < 1.29 is 9.59 Å². The number of rotatable bonds is 6. The van der Waals surface area contributed by atoms with Crippen LogP contribution >= 0.6 is 11.6 Å². The zero-order chi connectivity index (χ0) is 19.9. The molecule has 1 saturated heterocycles. The van der Waals surface area contributed by atoms with Gasteiger partial charge < -0.3 is 15.1 Å². The minimum absolute atomic E-state index is 0.0506. The molecule has 3 rings (SSSR count). The van der Waals surface area contributed by atoms with Crippen molar-refractivity contribution in [3.8, 4) is 0 Å². The Kier molecular flexibility index (Phi) is 7.06. The molecule has 0 radical (unpaired) electrons. The van der Waals surface area contributed by atoms with E-state index in [2.05, 4.69) is 10.2 Å². The molecule has 2 aromatic carbocycles. The van der Waals surface area contributed by atoms with Crippen LogP contribution in [0.4, 0.5) is 0 Å². The van der Waals surface area contributed by atoms with Gasteiger partial charge in [0.25, 0.3) is 0 Å². The van der Waals surface area contributed by atoms with Crippen LogP contribution in [-0.2, 0) is 16.0 Å². The Labute approximate surface area is 171 Å². The van der Waals surface area contributed by atoms with Gasteiger partial charge >= 0.3 is 0 Å². The molecule has 0 aliphatic carbocycles. The van der Waals surface area contributed by atoms with Crippen molar-refractivity contribution in [1.82, 2.24) is 15.1 Å². The number of carbonyl (C=O) groups excluding carboxylic acids is 2. The second-order valence-corrected chi connectivity index (χ2v) is 7.54. The molecule has 1 aliphatic rings.